The number of fused-ring (bicyclic) bond motifs is 2. The number of allylic oxidation sites excluding steroid dienone is 4. The second-order valence-electron chi connectivity index (χ2n) is 5.54. The maximum absolute atomic E-state index is 3.46. The van der Waals surface area contributed by atoms with Gasteiger partial charge < -0.3 is 9.41 Å². The van der Waals surface area contributed by atoms with Crippen LogP contribution in [0.4, 0.5) is 0 Å². The van der Waals surface area contributed by atoms with Crippen molar-refractivity contribution in [1.29, 1.82) is 0 Å². The Kier molecular flexibility index (Phi) is 8.70. The molecule has 1 atom stereocenters. The molecule has 4 heteroatoms. The van der Waals surface area contributed by atoms with Crippen LogP contribution in [0.5, 0.6) is 0 Å². The summed E-state index contributed by atoms with van der Waals surface area (Å²) in [6.45, 7) is 0. The van der Waals surface area contributed by atoms with Crippen molar-refractivity contribution >= 4 is 24.0 Å². The Morgan fingerprint density at radius 1 is 0.880 bits per heavy atom. The van der Waals surface area contributed by atoms with Crippen molar-refractivity contribution in [2.24, 2.45) is 0 Å². The third-order valence-electron chi connectivity index (χ3n) is 4.14. The number of halogens is 2. The fraction of sp³-hybridized carbons (Fsp3) is 0.0952. The van der Waals surface area contributed by atoms with E-state index in [0.29, 0.717) is 0 Å². The molecular weight excluding hydrogens is 412 g/mol. The molecule has 3 aromatic carbocycles. The Morgan fingerprint density at radius 2 is 1.60 bits per heavy atom. The Morgan fingerprint density at radius 3 is 2.32 bits per heavy atom. The molecule has 1 fully saturated rings. The van der Waals surface area contributed by atoms with Crippen molar-refractivity contribution in [3.63, 3.8) is 0 Å². The second-order valence-corrected chi connectivity index (χ2v) is 7.67. The molecule has 2 aliphatic rings. The first-order valence-corrected chi connectivity index (χ1v) is 9.18. The van der Waals surface area contributed by atoms with Gasteiger partial charge in [-0.2, -0.15) is 34.5 Å². The fourth-order valence-corrected chi connectivity index (χ4v) is 5.23. The molecule has 0 aromatic heterocycles. The van der Waals surface area contributed by atoms with E-state index >= 15 is 0 Å². The van der Waals surface area contributed by atoms with Crippen LogP contribution in [0.15, 0.2) is 89.8 Å². The first kappa shape index (κ1) is 21.7. The van der Waals surface area contributed by atoms with Crippen molar-refractivity contribution in [2.45, 2.75) is 6.42 Å². The van der Waals surface area contributed by atoms with Crippen molar-refractivity contribution in [3.8, 4) is 0 Å². The Labute approximate surface area is 167 Å². The van der Waals surface area contributed by atoms with Crippen LogP contribution in [-0.2, 0) is 26.2 Å². The van der Waals surface area contributed by atoms with Gasteiger partial charge in [0.05, 0.1) is 0 Å². The number of benzene rings is 2. The molecule has 25 heavy (non-hydrogen) atoms. The van der Waals surface area contributed by atoms with Crippen LogP contribution >= 0.6 is 7.92 Å². The molecule has 1 aliphatic carbocycles. The maximum atomic E-state index is 3.46. The van der Waals surface area contributed by atoms with Gasteiger partial charge in [0, 0.05) is 0 Å². The maximum Gasteiger partial charge on any atom is 4.00 e. The summed E-state index contributed by atoms with van der Waals surface area (Å²) in [5, 5.41) is 5.70. The summed E-state index contributed by atoms with van der Waals surface area (Å²) in [5.41, 5.74) is 1.56. The van der Waals surface area contributed by atoms with Crippen molar-refractivity contribution in [3.05, 3.63) is 95.8 Å². The fourth-order valence-electron chi connectivity index (χ4n) is 2.95. The first-order valence-electron chi connectivity index (χ1n) is 7.65. The zero-order chi connectivity index (χ0) is 14.8. The van der Waals surface area contributed by atoms with Crippen LogP contribution in [0.2, 0.25) is 0 Å². The van der Waals surface area contributed by atoms with Gasteiger partial charge in [0.1, 0.15) is 0 Å². The monoisotopic (exact) mass is 428 g/mol. The summed E-state index contributed by atoms with van der Waals surface area (Å²) in [4.78, 5) is 0. The number of rotatable bonds is 1. The molecule has 5 rings (SSSR count). The summed E-state index contributed by atoms with van der Waals surface area (Å²) in [6, 6.07) is 25.5. The zero-order valence-electron chi connectivity index (χ0n) is 13.6. The van der Waals surface area contributed by atoms with E-state index in [-0.39, 0.29) is 43.5 Å². The van der Waals surface area contributed by atoms with E-state index in [9.17, 15) is 0 Å². The van der Waals surface area contributed by atoms with Gasteiger partial charge in [0.15, 0.2) is 0 Å². The SMILES string of the molecule is [C-]1=C2C(=CC1)CP2c1ccccc1.[F-].[F-].[Zr+4].c1ccc2[cH-]ccc2c1. The Hall–Kier alpha value is -1.30. The minimum absolute atomic E-state index is 0. The van der Waals surface area contributed by atoms with Crippen LogP contribution in [0, 0.1) is 6.08 Å². The van der Waals surface area contributed by atoms with Gasteiger partial charge >= 0.3 is 26.2 Å². The zero-order valence-corrected chi connectivity index (χ0v) is 17.0. The quantitative estimate of drug-likeness (QED) is 0.358. The van der Waals surface area contributed by atoms with Crippen molar-refractivity contribution in [2.75, 3.05) is 6.16 Å². The van der Waals surface area contributed by atoms with Gasteiger partial charge in [0.25, 0.3) is 0 Å². The predicted molar refractivity (Wildman–Crippen MR) is 96.9 cm³/mol. The van der Waals surface area contributed by atoms with Gasteiger partial charge in [0.2, 0.25) is 0 Å². The number of hydrogen-bond acceptors (Lipinski definition) is 0. The largest absolute Gasteiger partial charge is 4.00 e. The van der Waals surface area contributed by atoms with Gasteiger partial charge in [-0.1, -0.05) is 50.5 Å². The molecule has 0 N–H and O–H groups in total. The Bertz CT molecular complexity index is 822. The minimum atomic E-state index is 0. The molecule has 0 spiro atoms. The average Bonchev–Trinajstić information content (AvgIpc) is 3.16. The standard InChI is InChI=1S/C12H10P.C9H7.2FH.Zr/c1-2-6-11(7-3-1)13-9-10-5-4-8-12(10)13;1-2-5-9-7-3-6-8(9)4-1;;;/h1-3,5-7H,4,9H2;1-7H;2*1H;/q2*-1;;;+4/p-2. The number of hydrogen-bond donors (Lipinski definition) is 0. The molecule has 0 bridgehead atoms. The van der Waals surface area contributed by atoms with Crippen LogP contribution in [0.25, 0.3) is 10.8 Å². The van der Waals surface area contributed by atoms with E-state index in [1.165, 1.54) is 27.6 Å². The minimum Gasteiger partial charge on any atom is -1.00 e. The van der Waals surface area contributed by atoms with Gasteiger partial charge in [-0.15, -0.1) is 36.1 Å². The third kappa shape index (κ3) is 4.66. The van der Waals surface area contributed by atoms with Gasteiger partial charge in [-0.25, -0.2) is 0 Å². The summed E-state index contributed by atoms with van der Waals surface area (Å²) in [5.74, 6) is 0. The molecule has 124 valence electrons. The topological polar surface area (TPSA) is 0 Å². The third-order valence-corrected chi connectivity index (χ3v) is 6.70. The van der Waals surface area contributed by atoms with Crippen LogP contribution in [0.3, 0.4) is 0 Å². The predicted octanol–water partition coefficient (Wildman–Crippen LogP) is -0.611. The van der Waals surface area contributed by atoms with Gasteiger partial charge in [-0.05, 0) is 5.30 Å². The molecule has 1 saturated heterocycles. The first-order chi connectivity index (χ1) is 10.9. The van der Waals surface area contributed by atoms with Crippen LogP contribution < -0.4 is 14.7 Å². The summed E-state index contributed by atoms with van der Waals surface area (Å²) >= 11 is 0. The van der Waals surface area contributed by atoms with E-state index < -0.39 is 0 Å². The normalized spacial score (nSPS) is 16.4. The molecule has 1 unspecified atom stereocenters. The van der Waals surface area contributed by atoms with E-state index in [1.807, 2.05) is 0 Å². The molecular formula is C21H17F2PZr. The summed E-state index contributed by atoms with van der Waals surface area (Å²) < 4.78 is 0. The van der Waals surface area contributed by atoms with Crippen LogP contribution in [0.1, 0.15) is 6.42 Å². The molecule has 0 saturated carbocycles. The van der Waals surface area contributed by atoms with E-state index in [0.717, 1.165) is 6.42 Å². The Balaban J connectivity index is 0.000000234. The van der Waals surface area contributed by atoms with E-state index in [2.05, 4.69) is 84.9 Å². The molecule has 1 aliphatic heterocycles. The van der Waals surface area contributed by atoms with Crippen LogP contribution in [-0.4, -0.2) is 6.16 Å². The molecule has 0 amide bonds. The molecule has 0 radical (unpaired) electrons. The molecule has 3 aromatic rings. The smallest absolute Gasteiger partial charge is 1.00 e. The molecule has 0 nitrogen and oxygen atoms in total. The summed E-state index contributed by atoms with van der Waals surface area (Å²) in [6.07, 6.45) is 8.12. The van der Waals surface area contributed by atoms with Crippen molar-refractivity contribution in [1.82, 2.24) is 0 Å². The van der Waals surface area contributed by atoms with E-state index in [4.69, 9.17) is 0 Å². The van der Waals surface area contributed by atoms with Crippen molar-refractivity contribution < 1.29 is 35.6 Å². The van der Waals surface area contributed by atoms with Gasteiger partial charge in [-0.3, -0.25) is 6.08 Å². The summed E-state index contributed by atoms with van der Waals surface area (Å²) in [7, 11) is 0.00399. The average molecular weight is 430 g/mol. The second kappa shape index (κ2) is 10.00. The van der Waals surface area contributed by atoms with E-state index in [1.54, 1.807) is 5.57 Å². The molecule has 1 heterocycles.